The van der Waals surface area contributed by atoms with Crippen molar-refractivity contribution < 1.29 is 9.26 Å². The summed E-state index contributed by atoms with van der Waals surface area (Å²) in [4.78, 5) is 9.30. The molecule has 1 saturated heterocycles. The molecule has 1 aliphatic rings. The lowest BCUT2D eigenvalue weighted by Crippen LogP contribution is -2.46. The lowest BCUT2D eigenvalue weighted by atomic mass is 10.1. The molecule has 6 heteroatoms. The Morgan fingerprint density at radius 2 is 1.96 bits per heavy atom. The van der Waals surface area contributed by atoms with Gasteiger partial charge in [-0.2, -0.15) is 4.98 Å². The number of ether oxygens (including phenoxy) is 1. The molecule has 0 unspecified atom stereocenters. The van der Waals surface area contributed by atoms with Crippen LogP contribution in [0.5, 0.6) is 0 Å². The van der Waals surface area contributed by atoms with E-state index in [4.69, 9.17) is 9.26 Å². The summed E-state index contributed by atoms with van der Waals surface area (Å²) in [5.41, 5.74) is 4.08. The Hall–Kier alpha value is -1.92. The number of aryl methyl sites for hydroxylation is 1. The van der Waals surface area contributed by atoms with Gasteiger partial charge in [-0.3, -0.25) is 4.90 Å². The van der Waals surface area contributed by atoms with Crippen LogP contribution in [0.15, 0.2) is 22.7 Å². The molecule has 1 fully saturated rings. The minimum Gasteiger partial charge on any atom is -0.371 e. The van der Waals surface area contributed by atoms with Crippen LogP contribution in [0.3, 0.4) is 0 Å². The highest BCUT2D eigenvalue weighted by atomic mass is 16.5. The summed E-state index contributed by atoms with van der Waals surface area (Å²) in [6, 6.07) is 6.53. The van der Waals surface area contributed by atoms with Crippen LogP contribution in [-0.2, 0) is 11.3 Å². The van der Waals surface area contributed by atoms with E-state index in [2.05, 4.69) is 52.0 Å². The van der Waals surface area contributed by atoms with Crippen LogP contribution < -0.4 is 4.90 Å². The van der Waals surface area contributed by atoms with Crippen LogP contribution in [0.2, 0.25) is 0 Å². The quantitative estimate of drug-likeness (QED) is 0.803. The fourth-order valence-electron chi connectivity index (χ4n) is 3.24. The minimum atomic E-state index is -0.122. The fraction of sp³-hybridized carbons (Fsp3) is 0.579. The molecule has 136 valence electrons. The number of rotatable bonds is 6. The van der Waals surface area contributed by atoms with Gasteiger partial charge in [0.25, 0.3) is 0 Å². The van der Waals surface area contributed by atoms with Crippen molar-refractivity contribution in [1.29, 1.82) is 0 Å². The Morgan fingerprint density at radius 1 is 1.20 bits per heavy atom. The Labute approximate surface area is 149 Å². The summed E-state index contributed by atoms with van der Waals surface area (Å²) in [6.07, 6.45) is -0.122. The molecule has 0 bridgehead atoms. The smallest absolute Gasteiger partial charge is 0.240 e. The SMILES string of the molecule is CCO[C@H](C)c1noc(CN2CCN(c3cccc(C)c3C)CC2)n1. The van der Waals surface area contributed by atoms with E-state index in [1.165, 1.54) is 16.8 Å². The van der Waals surface area contributed by atoms with Crippen molar-refractivity contribution in [3.8, 4) is 0 Å². The number of nitrogens with zero attached hydrogens (tertiary/aromatic N) is 4. The molecule has 2 aromatic rings. The molecule has 1 aromatic carbocycles. The summed E-state index contributed by atoms with van der Waals surface area (Å²) >= 11 is 0. The van der Waals surface area contributed by atoms with Gasteiger partial charge in [-0.25, -0.2) is 0 Å². The van der Waals surface area contributed by atoms with Crippen LogP contribution in [-0.4, -0.2) is 47.8 Å². The maximum absolute atomic E-state index is 5.51. The van der Waals surface area contributed by atoms with Crippen LogP contribution in [0.4, 0.5) is 5.69 Å². The molecule has 0 amide bonds. The second-order valence-electron chi connectivity index (χ2n) is 6.63. The third-order valence-electron chi connectivity index (χ3n) is 4.91. The van der Waals surface area contributed by atoms with Gasteiger partial charge in [0.05, 0.1) is 6.54 Å². The first-order valence-corrected chi connectivity index (χ1v) is 9.06. The molecule has 3 rings (SSSR count). The average molecular weight is 344 g/mol. The molecule has 0 saturated carbocycles. The van der Waals surface area contributed by atoms with Gasteiger partial charge in [-0.15, -0.1) is 0 Å². The van der Waals surface area contributed by atoms with E-state index in [9.17, 15) is 0 Å². The van der Waals surface area contributed by atoms with Crippen molar-refractivity contribution in [2.75, 3.05) is 37.7 Å². The monoisotopic (exact) mass is 344 g/mol. The van der Waals surface area contributed by atoms with Gasteiger partial charge in [0.15, 0.2) is 5.82 Å². The number of piperazine rings is 1. The van der Waals surface area contributed by atoms with Gasteiger partial charge in [0.1, 0.15) is 6.10 Å². The van der Waals surface area contributed by atoms with Gasteiger partial charge in [-0.05, 0) is 44.9 Å². The van der Waals surface area contributed by atoms with Crippen molar-refractivity contribution in [3.63, 3.8) is 0 Å². The van der Waals surface area contributed by atoms with E-state index < -0.39 is 0 Å². The van der Waals surface area contributed by atoms with Crippen molar-refractivity contribution in [2.45, 2.75) is 40.3 Å². The molecule has 1 aromatic heterocycles. The summed E-state index contributed by atoms with van der Waals surface area (Å²) in [5.74, 6) is 1.30. The summed E-state index contributed by atoms with van der Waals surface area (Å²) in [6.45, 7) is 13.6. The van der Waals surface area contributed by atoms with Gasteiger partial charge in [0, 0.05) is 38.5 Å². The summed E-state index contributed by atoms with van der Waals surface area (Å²) in [5, 5.41) is 4.04. The third-order valence-corrected chi connectivity index (χ3v) is 4.91. The van der Waals surface area contributed by atoms with Crippen LogP contribution >= 0.6 is 0 Å². The normalized spacial score (nSPS) is 17.0. The fourth-order valence-corrected chi connectivity index (χ4v) is 3.24. The lowest BCUT2D eigenvalue weighted by Gasteiger charge is -2.36. The molecule has 0 N–H and O–H groups in total. The van der Waals surface area contributed by atoms with E-state index in [1.807, 2.05) is 13.8 Å². The Balaban J connectivity index is 1.55. The van der Waals surface area contributed by atoms with E-state index in [0.29, 0.717) is 24.9 Å². The summed E-state index contributed by atoms with van der Waals surface area (Å²) < 4.78 is 10.9. The van der Waals surface area contributed by atoms with Crippen molar-refractivity contribution in [3.05, 3.63) is 41.0 Å². The third kappa shape index (κ3) is 4.19. The average Bonchev–Trinajstić information content (AvgIpc) is 3.07. The molecule has 0 aliphatic carbocycles. The van der Waals surface area contributed by atoms with Crippen LogP contribution in [0.25, 0.3) is 0 Å². The zero-order valence-electron chi connectivity index (χ0n) is 15.7. The highest BCUT2D eigenvalue weighted by Crippen LogP contribution is 2.24. The molecule has 1 atom stereocenters. The van der Waals surface area contributed by atoms with Gasteiger partial charge in [-0.1, -0.05) is 17.3 Å². The predicted octanol–water partition coefficient (Wildman–Crippen LogP) is 3.11. The minimum absolute atomic E-state index is 0.122. The van der Waals surface area contributed by atoms with Crippen molar-refractivity contribution in [1.82, 2.24) is 15.0 Å². The Kier molecular flexibility index (Phi) is 5.71. The molecule has 6 nitrogen and oxygen atoms in total. The number of hydrogen-bond acceptors (Lipinski definition) is 6. The van der Waals surface area contributed by atoms with Crippen molar-refractivity contribution in [2.24, 2.45) is 0 Å². The van der Waals surface area contributed by atoms with Crippen LogP contribution in [0.1, 0.15) is 42.8 Å². The first-order chi connectivity index (χ1) is 12.1. The summed E-state index contributed by atoms with van der Waals surface area (Å²) in [7, 11) is 0. The van der Waals surface area contributed by atoms with Gasteiger partial charge in [0.2, 0.25) is 5.89 Å². The molecule has 2 heterocycles. The maximum atomic E-state index is 5.51. The standard InChI is InChI=1S/C19H28N4O2/c1-5-24-16(4)19-20-18(25-21-19)13-22-9-11-23(12-10-22)17-8-6-7-14(2)15(17)3/h6-8,16H,5,9-13H2,1-4H3/t16-/m1/s1. The molecule has 0 radical (unpaired) electrons. The van der Waals surface area contributed by atoms with E-state index in [0.717, 1.165) is 26.2 Å². The molecular weight excluding hydrogens is 316 g/mol. The topological polar surface area (TPSA) is 54.6 Å². The molecule has 0 spiro atoms. The van der Waals surface area contributed by atoms with Gasteiger partial charge < -0.3 is 14.2 Å². The zero-order valence-corrected chi connectivity index (χ0v) is 15.7. The van der Waals surface area contributed by atoms with Crippen LogP contribution in [0, 0.1) is 13.8 Å². The number of benzene rings is 1. The maximum Gasteiger partial charge on any atom is 0.240 e. The number of anilines is 1. The molecule has 1 aliphatic heterocycles. The Bertz CT molecular complexity index is 692. The predicted molar refractivity (Wildman–Crippen MR) is 97.7 cm³/mol. The van der Waals surface area contributed by atoms with E-state index in [-0.39, 0.29) is 6.10 Å². The second-order valence-corrected chi connectivity index (χ2v) is 6.63. The molecule has 25 heavy (non-hydrogen) atoms. The first-order valence-electron chi connectivity index (χ1n) is 9.06. The highest BCUT2D eigenvalue weighted by Gasteiger charge is 2.21. The highest BCUT2D eigenvalue weighted by molar-refractivity contribution is 5.56. The number of hydrogen-bond donors (Lipinski definition) is 0. The zero-order chi connectivity index (χ0) is 17.8. The van der Waals surface area contributed by atoms with E-state index in [1.54, 1.807) is 0 Å². The van der Waals surface area contributed by atoms with E-state index >= 15 is 0 Å². The molecular formula is C19H28N4O2. The number of aromatic nitrogens is 2. The van der Waals surface area contributed by atoms with Crippen molar-refractivity contribution >= 4 is 5.69 Å². The largest absolute Gasteiger partial charge is 0.371 e. The first kappa shape index (κ1) is 17.9. The van der Waals surface area contributed by atoms with Gasteiger partial charge >= 0.3 is 0 Å². The second kappa shape index (κ2) is 7.97. The Morgan fingerprint density at radius 3 is 2.68 bits per heavy atom. The lowest BCUT2D eigenvalue weighted by molar-refractivity contribution is 0.0683.